The Labute approximate surface area is 202 Å². The maximum absolute atomic E-state index is 13.4. The molecule has 2 aromatic carbocycles. The van der Waals surface area contributed by atoms with Crippen LogP contribution in [0, 0.1) is 11.2 Å². The van der Waals surface area contributed by atoms with Crippen LogP contribution in [0.15, 0.2) is 47.4 Å². The average molecular weight is 519 g/mol. The molecule has 9 heteroatoms. The van der Waals surface area contributed by atoms with Gasteiger partial charge in [0, 0.05) is 17.0 Å². The van der Waals surface area contributed by atoms with E-state index in [0.717, 1.165) is 31.0 Å². The molecular weight excluding hydrogens is 492 g/mol. The Kier molecular flexibility index (Phi) is 8.13. The monoisotopic (exact) mass is 518 g/mol. The minimum absolute atomic E-state index is 0.0922. The first-order valence-corrected chi connectivity index (χ1v) is 13.1. The predicted molar refractivity (Wildman–Crippen MR) is 123 cm³/mol. The lowest BCUT2D eigenvalue weighted by Gasteiger charge is -2.37. The van der Waals surface area contributed by atoms with Crippen molar-refractivity contribution in [3.8, 4) is 0 Å². The number of unbranched alkanes of at least 4 members (excludes halogenated alkanes) is 1. The molecule has 3 rings (SSSR count). The van der Waals surface area contributed by atoms with Gasteiger partial charge in [-0.25, -0.2) is 12.8 Å². The lowest BCUT2D eigenvalue weighted by molar-refractivity contribution is -0.137. The zero-order valence-corrected chi connectivity index (χ0v) is 20.4. The first-order chi connectivity index (χ1) is 15.8. The average Bonchev–Trinajstić information content (AvgIpc) is 2.76. The second-order valence-electron chi connectivity index (χ2n) is 9.37. The van der Waals surface area contributed by atoms with Crippen LogP contribution in [0.4, 0.5) is 17.6 Å². The molecule has 2 aromatic rings. The number of sulfone groups is 1. The van der Waals surface area contributed by atoms with Crippen molar-refractivity contribution in [2.75, 3.05) is 0 Å². The number of Topliss-reactive ketones (excluding diaryl/α,β-unsaturated/α-hetero) is 1. The zero-order chi connectivity index (χ0) is 25.1. The highest BCUT2D eigenvalue weighted by atomic mass is 35.5. The Morgan fingerprint density at radius 2 is 1.76 bits per heavy atom. The first-order valence-electron chi connectivity index (χ1n) is 11.2. The van der Waals surface area contributed by atoms with Crippen molar-refractivity contribution in [2.45, 2.75) is 74.6 Å². The lowest BCUT2D eigenvalue weighted by atomic mass is 9.72. The van der Waals surface area contributed by atoms with Crippen LogP contribution in [0.25, 0.3) is 0 Å². The summed E-state index contributed by atoms with van der Waals surface area (Å²) in [6.45, 7) is 2.08. The van der Waals surface area contributed by atoms with E-state index in [1.807, 2.05) is 0 Å². The SMILES string of the molecule is CC1(CCCCC(=O)c2cc(F)cc(Cl)c2)CCC(S(=O)(=O)c2cccc(C(F)(F)F)c2)CC1. The number of rotatable bonds is 8. The second-order valence-corrected chi connectivity index (χ2v) is 12.0. The van der Waals surface area contributed by atoms with Gasteiger partial charge in [-0.2, -0.15) is 13.2 Å². The van der Waals surface area contributed by atoms with Gasteiger partial charge in [-0.05, 0) is 80.3 Å². The number of alkyl halides is 3. The van der Waals surface area contributed by atoms with Gasteiger partial charge in [0.2, 0.25) is 0 Å². The molecule has 34 heavy (non-hydrogen) atoms. The standard InChI is InChI=1S/C25H27ClF4O3S/c1-24(10-3-2-7-23(31)17-13-19(26)16-20(27)14-17)11-8-21(9-12-24)34(32,33)22-6-4-5-18(15-22)25(28,29)30/h4-6,13-16,21H,2-3,7-12H2,1H3. The Morgan fingerprint density at radius 1 is 1.09 bits per heavy atom. The maximum atomic E-state index is 13.4. The van der Waals surface area contributed by atoms with Crippen molar-refractivity contribution < 1.29 is 30.8 Å². The van der Waals surface area contributed by atoms with E-state index in [4.69, 9.17) is 11.6 Å². The van der Waals surface area contributed by atoms with Gasteiger partial charge in [0.15, 0.2) is 15.6 Å². The molecule has 0 heterocycles. The molecule has 1 aliphatic carbocycles. The van der Waals surface area contributed by atoms with Gasteiger partial charge < -0.3 is 0 Å². The highest BCUT2D eigenvalue weighted by Gasteiger charge is 2.38. The number of ketones is 1. The smallest absolute Gasteiger partial charge is 0.294 e. The number of carbonyl (C=O) groups excluding carboxylic acids is 1. The van der Waals surface area contributed by atoms with E-state index in [1.54, 1.807) is 0 Å². The molecule has 1 aliphatic rings. The molecule has 3 nitrogen and oxygen atoms in total. The molecule has 1 saturated carbocycles. The van der Waals surface area contributed by atoms with Crippen LogP contribution < -0.4 is 0 Å². The van der Waals surface area contributed by atoms with E-state index in [9.17, 15) is 30.8 Å². The van der Waals surface area contributed by atoms with E-state index < -0.39 is 32.6 Å². The second kappa shape index (κ2) is 10.4. The van der Waals surface area contributed by atoms with Crippen molar-refractivity contribution in [2.24, 2.45) is 5.41 Å². The molecule has 0 atom stereocenters. The molecule has 0 aromatic heterocycles. The summed E-state index contributed by atoms with van der Waals surface area (Å²) >= 11 is 5.80. The van der Waals surface area contributed by atoms with E-state index in [0.29, 0.717) is 38.2 Å². The predicted octanol–water partition coefficient (Wildman–Crippen LogP) is 7.66. The van der Waals surface area contributed by atoms with Crippen LogP contribution in [0.1, 0.15) is 74.2 Å². The number of hydrogen-bond acceptors (Lipinski definition) is 3. The fourth-order valence-electron chi connectivity index (χ4n) is 4.59. The van der Waals surface area contributed by atoms with E-state index >= 15 is 0 Å². The van der Waals surface area contributed by atoms with Gasteiger partial charge in [0.25, 0.3) is 0 Å². The molecule has 0 aliphatic heterocycles. The van der Waals surface area contributed by atoms with Crippen LogP contribution in [0.2, 0.25) is 5.02 Å². The minimum Gasteiger partial charge on any atom is -0.294 e. The minimum atomic E-state index is -4.60. The van der Waals surface area contributed by atoms with E-state index in [2.05, 4.69) is 6.92 Å². The largest absolute Gasteiger partial charge is 0.416 e. The summed E-state index contributed by atoms with van der Waals surface area (Å²) in [5, 5.41) is -0.531. The van der Waals surface area contributed by atoms with Gasteiger partial charge in [-0.3, -0.25) is 4.79 Å². The highest BCUT2D eigenvalue weighted by molar-refractivity contribution is 7.92. The Bertz CT molecular complexity index is 1120. The van der Waals surface area contributed by atoms with Gasteiger partial charge in [0.1, 0.15) is 5.82 Å². The number of hydrogen-bond donors (Lipinski definition) is 0. The number of carbonyl (C=O) groups is 1. The highest BCUT2D eigenvalue weighted by Crippen LogP contribution is 2.43. The van der Waals surface area contributed by atoms with E-state index in [-0.39, 0.29) is 33.1 Å². The van der Waals surface area contributed by atoms with Crippen molar-refractivity contribution in [1.29, 1.82) is 0 Å². The number of benzene rings is 2. The molecule has 186 valence electrons. The third-order valence-corrected chi connectivity index (χ3v) is 9.17. The van der Waals surface area contributed by atoms with Crippen LogP contribution in [0.3, 0.4) is 0 Å². The van der Waals surface area contributed by atoms with Crippen LogP contribution in [-0.4, -0.2) is 19.5 Å². The normalized spacial score (nSPS) is 21.4. The van der Waals surface area contributed by atoms with Gasteiger partial charge in [-0.1, -0.05) is 31.0 Å². The molecule has 0 saturated heterocycles. The third kappa shape index (κ3) is 6.60. The summed E-state index contributed by atoms with van der Waals surface area (Å²) < 4.78 is 78.3. The Balaban J connectivity index is 1.52. The summed E-state index contributed by atoms with van der Waals surface area (Å²) in [4.78, 5) is 12.0. The van der Waals surface area contributed by atoms with Crippen molar-refractivity contribution in [1.82, 2.24) is 0 Å². The quantitative estimate of drug-likeness (QED) is 0.205. The molecule has 0 amide bonds. The van der Waals surface area contributed by atoms with Gasteiger partial charge in [0.05, 0.1) is 15.7 Å². The summed E-state index contributed by atoms with van der Waals surface area (Å²) in [5.41, 5.74) is -0.814. The maximum Gasteiger partial charge on any atom is 0.416 e. The number of halogens is 5. The molecular formula is C25H27ClF4O3S. The molecule has 0 unspecified atom stereocenters. The first kappa shape index (κ1) is 26.7. The van der Waals surface area contributed by atoms with Crippen molar-refractivity contribution >= 4 is 27.2 Å². The molecule has 0 N–H and O–H groups in total. The topological polar surface area (TPSA) is 51.2 Å². The van der Waals surface area contributed by atoms with Crippen LogP contribution >= 0.6 is 11.6 Å². The Morgan fingerprint density at radius 3 is 2.38 bits per heavy atom. The lowest BCUT2D eigenvalue weighted by Crippen LogP contribution is -2.32. The van der Waals surface area contributed by atoms with E-state index in [1.165, 1.54) is 18.2 Å². The van der Waals surface area contributed by atoms with Gasteiger partial charge in [-0.15, -0.1) is 0 Å². The summed E-state index contributed by atoms with van der Waals surface area (Å²) in [6.07, 6.45) is -0.0923. The van der Waals surface area contributed by atoms with Crippen molar-refractivity contribution in [3.63, 3.8) is 0 Å². The van der Waals surface area contributed by atoms with Crippen LogP contribution in [0.5, 0.6) is 0 Å². The summed E-state index contributed by atoms with van der Waals surface area (Å²) in [7, 11) is -3.86. The van der Waals surface area contributed by atoms with Crippen LogP contribution in [-0.2, 0) is 16.0 Å². The fourth-order valence-corrected chi connectivity index (χ4v) is 6.61. The fraction of sp³-hybridized carbons (Fsp3) is 0.480. The molecule has 0 radical (unpaired) electrons. The van der Waals surface area contributed by atoms with Crippen molar-refractivity contribution in [3.05, 3.63) is 64.4 Å². The summed E-state index contributed by atoms with van der Waals surface area (Å²) in [5.74, 6) is -0.734. The zero-order valence-electron chi connectivity index (χ0n) is 18.8. The Hall–Kier alpha value is -1.93. The molecule has 0 bridgehead atoms. The summed E-state index contributed by atoms with van der Waals surface area (Å²) in [6, 6.07) is 7.68. The van der Waals surface area contributed by atoms with Gasteiger partial charge >= 0.3 is 6.18 Å². The molecule has 0 spiro atoms. The molecule has 1 fully saturated rings. The third-order valence-electron chi connectivity index (χ3n) is 6.69.